The van der Waals surface area contributed by atoms with Crippen LogP contribution in [0.15, 0.2) is 58.4 Å². The number of aryl methyl sites for hydroxylation is 1. The predicted octanol–water partition coefficient (Wildman–Crippen LogP) is 5.21. The van der Waals surface area contributed by atoms with Gasteiger partial charge in [0.05, 0.1) is 18.2 Å². The minimum absolute atomic E-state index is 0.118. The Morgan fingerprint density at radius 3 is 2.47 bits per heavy atom. The number of fused-ring (bicyclic) bond motifs is 1. The molecule has 11 nitrogen and oxygen atoms in total. The first-order chi connectivity index (χ1) is 22.2. The molecule has 2 unspecified atom stereocenters. The monoisotopic (exact) mass is 670 g/mol. The zero-order chi connectivity index (χ0) is 33.9. The smallest absolute Gasteiger partial charge is 0.455 e. The van der Waals surface area contributed by atoms with Crippen LogP contribution >= 0.6 is 0 Å². The zero-order valence-electron chi connectivity index (χ0n) is 24.7. The topological polar surface area (TPSA) is 127 Å². The number of hydrogen-bond acceptors (Lipinski definition) is 9. The Kier molecular flexibility index (Phi) is 9.88. The summed E-state index contributed by atoms with van der Waals surface area (Å²) in [5, 5.41) is 11.2. The van der Waals surface area contributed by atoms with Crippen LogP contribution < -0.4 is 20.7 Å². The Labute approximate surface area is 261 Å². The van der Waals surface area contributed by atoms with Gasteiger partial charge in [0, 0.05) is 43.6 Å². The van der Waals surface area contributed by atoms with E-state index in [1.807, 2.05) is 0 Å². The summed E-state index contributed by atoms with van der Waals surface area (Å²) < 4.78 is 101. The molecule has 0 bridgehead atoms. The van der Waals surface area contributed by atoms with Gasteiger partial charge in [-0.25, -0.2) is 9.78 Å². The van der Waals surface area contributed by atoms with Crippen LogP contribution in [0.1, 0.15) is 48.6 Å². The third kappa shape index (κ3) is 7.91. The number of aliphatic hydroxyl groups is 1. The van der Waals surface area contributed by atoms with E-state index < -0.39 is 47.6 Å². The fourth-order valence-electron chi connectivity index (χ4n) is 5.05. The van der Waals surface area contributed by atoms with Crippen LogP contribution in [-0.4, -0.2) is 50.1 Å². The highest BCUT2D eigenvalue weighted by Gasteiger charge is 2.33. The Hall–Kier alpha value is -4.48. The van der Waals surface area contributed by atoms with Crippen molar-refractivity contribution in [3.8, 4) is 17.2 Å². The molecule has 1 aromatic carbocycles. The highest BCUT2D eigenvalue weighted by Crippen LogP contribution is 2.38. The molecule has 252 valence electrons. The lowest BCUT2D eigenvalue weighted by Gasteiger charge is -2.22. The number of pyridine rings is 2. The number of benzene rings is 1. The first-order valence-electron chi connectivity index (χ1n) is 14.3. The quantitative estimate of drug-likeness (QED) is 0.179. The van der Waals surface area contributed by atoms with Crippen molar-refractivity contribution >= 4 is 11.0 Å². The van der Waals surface area contributed by atoms with Crippen molar-refractivity contribution in [2.24, 2.45) is 7.05 Å². The summed E-state index contributed by atoms with van der Waals surface area (Å²) in [6.07, 6.45) is -7.49. The largest absolute Gasteiger partial charge is 0.573 e. The van der Waals surface area contributed by atoms with Gasteiger partial charge in [0.1, 0.15) is 28.9 Å². The van der Waals surface area contributed by atoms with Gasteiger partial charge in [-0.1, -0.05) is 12.1 Å². The van der Waals surface area contributed by atoms with E-state index in [-0.39, 0.29) is 53.2 Å². The molecular formula is C30H28F6N4O7. The van der Waals surface area contributed by atoms with Crippen LogP contribution in [-0.2, 0) is 29.2 Å². The van der Waals surface area contributed by atoms with Crippen molar-refractivity contribution in [3.05, 3.63) is 86.5 Å². The Balaban J connectivity index is 1.58. The van der Waals surface area contributed by atoms with Crippen LogP contribution in [0.3, 0.4) is 0 Å². The third-order valence-corrected chi connectivity index (χ3v) is 7.26. The molecule has 1 N–H and O–H groups in total. The molecule has 2 atom stereocenters. The van der Waals surface area contributed by atoms with Crippen molar-refractivity contribution in [2.75, 3.05) is 13.2 Å². The van der Waals surface area contributed by atoms with Crippen LogP contribution in [0, 0.1) is 0 Å². The van der Waals surface area contributed by atoms with E-state index in [1.165, 1.54) is 19.2 Å². The van der Waals surface area contributed by atoms with Crippen LogP contribution in [0.2, 0.25) is 0 Å². The molecule has 0 amide bonds. The number of alkyl halides is 6. The first kappa shape index (κ1) is 33.9. The van der Waals surface area contributed by atoms with E-state index in [9.17, 15) is 41.0 Å². The van der Waals surface area contributed by atoms with Crippen LogP contribution in [0.25, 0.3) is 11.0 Å². The SMILES string of the molecule is Cn1c(=O)n(CCCOC2CCCCO2)c(=O)c2c(C(O)c3ccc(C(F)(F)F)nc3)c(Oc3cccc(OC(F)(F)F)c3)cnc21. The first-order valence-corrected chi connectivity index (χ1v) is 14.3. The summed E-state index contributed by atoms with van der Waals surface area (Å²) in [7, 11) is 1.33. The zero-order valence-corrected chi connectivity index (χ0v) is 24.7. The van der Waals surface area contributed by atoms with Gasteiger partial charge in [0.15, 0.2) is 12.0 Å². The molecule has 0 aliphatic carbocycles. The van der Waals surface area contributed by atoms with Gasteiger partial charge >= 0.3 is 18.2 Å². The van der Waals surface area contributed by atoms with Gasteiger partial charge < -0.3 is 24.1 Å². The number of hydrogen-bond donors (Lipinski definition) is 1. The summed E-state index contributed by atoms with van der Waals surface area (Å²) >= 11 is 0. The van der Waals surface area contributed by atoms with E-state index in [4.69, 9.17) is 14.2 Å². The van der Waals surface area contributed by atoms with Crippen molar-refractivity contribution in [3.63, 3.8) is 0 Å². The van der Waals surface area contributed by atoms with Crippen molar-refractivity contribution < 1.29 is 50.4 Å². The maximum Gasteiger partial charge on any atom is 0.573 e. The summed E-state index contributed by atoms with van der Waals surface area (Å²) in [6, 6.07) is 5.93. The second kappa shape index (κ2) is 13.7. The van der Waals surface area contributed by atoms with Crippen molar-refractivity contribution in [2.45, 2.75) is 57.2 Å². The van der Waals surface area contributed by atoms with Crippen molar-refractivity contribution in [1.29, 1.82) is 0 Å². The molecule has 0 saturated carbocycles. The molecule has 0 spiro atoms. The number of nitrogens with zero attached hydrogens (tertiary/aromatic N) is 4. The van der Waals surface area contributed by atoms with E-state index in [1.54, 1.807) is 0 Å². The summed E-state index contributed by atoms with van der Waals surface area (Å²) in [6.45, 7) is 0.599. The minimum Gasteiger partial charge on any atom is -0.455 e. The molecule has 0 radical (unpaired) electrons. The van der Waals surface area contributed by atoms with Gasteiger partial charge in [-0.15, -0.1) is 13.2 Å². The number of rotatable bonds is 10. The van der Waals surface area contributed by atoms with Crippen LogP contribution in [0.4, 0.5) is 26.3 Å². The number of ether oxygens (including phenoxy) is 4. The molecule has 5 rings (SSSR count). The van der Waals surface area contributed by atoms with E-state index >= 15 is 0 Å². The molecule has 17 heteroatoms. The fourth-order valence-corrected chi connectivity index (χ4v) is 5.05. The van der Waals surface area contributed by atoms with Crippen molar-refractivity contribution in [1.82, 2.24) is 19.1 Å². The highest BCUT2D eigenvalue weighted by atomic mass is 19.4. The van der Waals surface area contributed by atoms with Gasteiger partial charge in [0.25, 0.3) is 5.56 Å². The number of halogens is 6. The molecule has 3 aromatic heterocycles. The third-order valence-electron chi connectivity index (χ3n) is 7.26. The standard InChI is InChI=1S/C30H28F6N4O7/c1-39-26-24(27(42)40(28(39)43)11-5-13-45-22-8-2-3-12-44-22)23(25(41)17-9-10-21(37-15-17)29(31,32)33)20(16-38-26)46-18-6-4-7-19(14-18)47-30(34,35)36/h4,6-7,9-10,14-16,22,25,41H,2-3,5,8,11-13H2,1H3. The molecule has 1 saturated heterocycles. The summed E-state index contributed by atoms with van der Waals surface area (Å²) in [4.78, 5) is 34.7. The molecule has 4 heterocycles. The Bertz CT molecular complexity index is 1830. The normalized spacial score (nSPS) is 16.3. The minimum atomic E-state index is -5.01. The highest BCUT2D eigenvalue weighted by molar-refractivity contribution is 5.81. The van der Waals surface area contributed by atoms with Gasteiger partial charge in [-0.05, 0) is 43.9 Å². The Morgan fingerprint density at radius 1 is 1.04 bits per heavy atom. The lowest BCUT2D eigenvalue weighted by Crippen LogP contribution is -2.40. The van der Waals surface area contributed by atoms with Gasteiger partial charge in [-0.2, -0.15) is 13.2 Å². The molecule has 4 aromatic rings. The van der Waals surface area contributed by atoms with E-state index in [0.717, 1.165) is 52.6 Å². The average molecular weight is 671 g/mol. The van der Waals surface area contributed by atoms with E-state index in [0.29, 0.717) is 19.1 Å². The summed E-state index contributed by atoms with van der Waals surface area (Å²) in [5.41, 5.74) is -3.59. The predicted molar refractivity (Wildman–Crippen MR) is 152 cm³/mol. The molecule has 1 aliphatic heterocycles. The molecule has 47 heavy (non-hydrogen) atoms. The molecule has 1 fully saturated rings. The second-order valence-electron chi connectivity index (χ2n) is 10.6. The lowest BCUT2D eigenvalue weighted by atomic mass is 9.99. The molecular weight excluding hydrogens is 642 g/mol. The second-order valence-corrected chi connectivity index (χ2v) is 10.6. The fraction of sp³-hybridized carbons (Fsp3) is 0.400. The summed E-state index contributed by atoms with van der Waals surface area (Å²) in [5.74, 6) is -1.20. The number of aromatic nitrogens is 4. The molecule has 1 aliphatic rings. The Morgan fingerprint density at radius 2 is 1.81 bits per heavy atom. The maximum atomic E-state index is 13.9. The van der Waals surface area contributed by atoms with Gasteiger partial charge in [0.2, 0.25) is 0 Å². The number of aliphatic hydroxyl groups excluding tert-OH is 1. The lowest BCUT2D eigenvalue weighted by molar-refractivity contribution is -0.274. The van der Waals surface area contributed by atoms with Gasteiger partial charge in [-0.3, -0.25) is 18.9 Å². The average Bonchev–Trinajstić information content (AvgIpc) is 3.02. The van der Waals surface area contributed by atoms with E-state index in [2.05, 4.69) is 14.7 Å². The maximum absolute atomic E-state index is 13.9. The van der Waals surface area contributed by atoms with Crippen LogP contribution in [0.5, 0.6) is 17.2 Å².